The number of nitrogens with zero attached hydrogens (tertiary/aromatic N) is 1. The van der Waals surface area contributed by atoms with E-state index in [1.807, 2.05) is 25.1 Å². The highest BCUT2D eigenvalue weighted by molar-refractivity contribution is 6.31. The highest BCUT2D eigenvalue weighted by Gasteiger charge is 2.39. The van der Waals surface area contributed by atoms with Gasteiger partial charge in [0.05, 0.1) is 18.4 Å². The predicted octanol–water partition coefficient (Wildman–Crippen LogP) is 4.67. The molecular formula is C23H25ClN2O3. The van der Waals surface area contributed by atoms with Gasteiger partial charge < -0.3 is 15.2 Å². The van der Waals surface area contributed by atoms with Crippen molar-refractivity contribution in [1.29, 1.82) is 0 Å². The molecule has 0 amide bonds. The summed E-state index contributed by atoms with van der Waals surface area (Å²) in [7, 11) is 0. The first-order valence-corrected chi connectivity index (χ1v) is 10.4. The fraction of sp³-hybridized carbons (Fsp3) is 0.391. The molecule has 0 bridgehead atoms. The molecule has 0 aromatic heterocycles. The van der Waals surface area contributed by atoms with E-state index in [2.05, 4.69) is 12.2 Å². The number of aliphatic hydroxyl groups excluding tert-OH is 1. The number of carbonyl (C=O) groups is 1. The minimum atomic E-state index is -0.703. The van der Waals surface area contributed by atoms with Crippen LogP contribution in [0.1, 0.15) is 45.6 Å². The van der Waals surface area contributed by atoms with Gasteiger partial charge in [0.1, 0.15) is 6.10 Å². The molecule has 1 aliphatic carbocycles. The summed E-state index contributed by atoms with van der Waals surface area (Å²) in [5.74, 6) is -0.196. The Morgan fingerprint density at radius 1 is 1.31 bits per heavy atom. The van der Waals surface area contributed by atoms with E-state index in [1.54, 1.807) is 13.0 Å². The normalized spacial score (nSPS) is 22.4. The summed E-state index contributed by atoms with van der Waals surface area (Å²) in [5.41, 5.74) is 7.96. The van der Waals surface area contributed by atoms with E-state index in [-0.39, 0.29) is 12.0 Å². The lowest BCUT2D eigenvalue weighted by molar-refractivity contribution is -0.143. The van der Waals surface area contributed by atoms with Crippen LogP contribution in [0.5, 0.6) is 0 Å². The van der Waals surface area contributed by atoms with Gasteiger partial charge in [-0.25, -0.2) is 0 Å². The Kier molecular flexibility index (Phi) is 5.36. The molecule has 2 aliphatic heterocycles. The van der Waals surface area contributed by atoms with Crippen LogP contribution in [0, 0.1) is 0 Å². The first-order chi connectivity index (χ1) is 13.9. The summed E-state index contributed by atoms with van der Waals surface area (Å²) in [6.45, 7) is 6.30. The van der Waals surface area contributed by atoms with Crippen molar-refractivity contribution in [1.82, 2.24) is 0 Å². The van der Waals surface area contributed by atoms with Crippen molar-refractivity contribution < 1.29 is 14.6 Å². The summed E-state index contributed by atoms with van der Waals surface area (Å²) < 4.78 is 4.98. The van der Waals surface area contributed by atoms with Gasteiger partial charge in [-0.1, -0.05) is 11.6 Å². The average molecular weight is 413 g/mol. The van der Waals surface area contributed by atoms with Crippen molar-refractivity contribution in [2.45, 2.75) is 52.2 Å². The van der Waals surface area contributed by atoms with E-state index in [0.29, 0.717) is 30.9 Å². The highest BCUT2D eigenvalue weighted by Crippen LogP contribution is 2.46. The molecule has 0 spiro atoms. The maximum atomic E-state index is 11.6. The molecule has 152 valence electrons. The van der Waals surface area contributed by atoms with Crippen molar-refractivity contribution in [2.75, 3.05) is 11.9 Å². The lowest BCUT2D eigenvalue weighted by Crippen LogP contribution is -2.33. The van der Waals surface area contributed by atoms with Crippen LogP contribution in [0.15, 0.2) is 51.7 Å². The topological polar surface area (TPSA) is 70.9 Å². The Balaban J connectivity index is 1.65. The summed E-state index contributed by atoms with van der Waals surface area (Å²) in [6.07, 6.45) is 2.71. The maximum absolute atomic E-state index is 11.6. The fourth-order valence-electron chi connectivity index (χ4n) is 4.41. The van der Waals surface area contributed by atoms with Crippen molar-refractivity contribution in [2.24, 2.45) is 4.99 Å². The third kappa shape index (κ3) is 3.53. The molecule has 0 radical (unpaired) electrons. The number of allylic oxidation sites excluding steroid dienone is 2. The molecule has 3 aliphatic rings. The molecule has 2 unspecified atom stereocenters. The second-order valence-corrected chi connectivity index (χ2v) is 8.06. The number of hydrogen-bond acceptors (Lipinski definition) is 5. The molecule has 0 fully saturated rings. The third-order valence-corrected chi connectivity index (χ3v) is 5.99. The van der Waals surface area contributed by atoms with E-state index >= 15 is 0 Å². The monoisotopic (exact) mass is 412 g/mol. The predicted molar refractivity (Wildman–Crippen MR) is 116 cm³/mol. The number of nitrogens with one attached hydrogen (secondary N) is 1. The van der Waals surface area contributed by atoms with Crippen LogP contribution in [0.2, 0.25) is 5.02 Å². The Hall–Kier alpha value is -2.37. The van der Waals surface area contributed by atoms with E-state index in [0.717, 1.165) is 39.4 Å². The second-order valence-electron chi connectivity index (χ2n) is 7.62. The zero-order valence-corrected chi connectivity index (χ0v) is 17.6. The van der Waals surface area contributed by atoms with Crippen molar-refractivity contribution in [3.63, 3.8) is 0 Å². The number of esters is 1. The van der Waals surface area contributed by atoms with E-state index < -0.39 is 6.10 Å². The molecule has 4 rings (SSSR count). The van der Waals surface area contributed by atoms with Crippen LogP contribution in [0.3, 0.4) is 0 Å². The van der Waals surface area contributed by atoms with Crippen molar-refractivity contribution >= 4 is 34.5 Å². The van der Waals surface area contributed by atoms with E-state index in [9.17, 15) is 9.90 Å². The molecule has 2 atom stereocenters. The van der Waals surface area contributed by atoms with Crippen LogP contribution in [0.25, 0.3) is 5.57 Å². The number of hydrogen-bond donors (Lipinski definition) is 2. The average Bonchev–Trinajstić information content (AvgIpc) is 3.05. The van der Waals surface area contributed by atoms with Crippen molar-refractivity contribution in [3.05, 3.63) is 57.3 Å². The third-order valence-electron chi connectivity index (χ3n) is 5.75. The van der Waals surface area contributed by atoms with Crippen LogP contribution in [-0.2, 0) is 9.53 Å². The maximum Gasteiger partial charge on any atom is 0.305 e. The summed E-state index contributed by atoms with van der Waals surface area (Å²) >= 11 is 6.25. The number of aliphatic hydroxyl groups is 1. The number of aliphatic imine (C=N–C) groups is 1. The molecule has 0 saturated carbocycles. The number of rotatable bonds is 5. The number of fused-ring (bicyclic) bond motifs is 4. The van der Waals surface area contributed by atoms with Crippen molar-refractivity contribution in [3.8, 4) is 0 Å². The number of ether oxygens (including phenoxy) is 1. The minimum absolute atomic E-state index is 0.0193. The SMILES string of the molecule is CCOC(=O)CCCC1=CC(O)C2=C(C)C3Nc4ccc(Cl)cc4C3=C(C)C2=N1. The molecule has 5 nitrogen and oxygen atoms in total. The van der Waals surface area contributed by atoms with Gasteiger partial charge in [0.15, 0.2) is 0 Å². The number of benzene rings is 1. The Morgan fingerprint density at radius 3 is 2.86 bits per heavy atom. The molecule has 2 heterocycles. The second kappa shape index (κ2) is 7.81. The molecule has 0 saturated heterocycles. The lowest BCUT2D eigenvalue weighted by Gasteiger charge is -2.32. The summed E-state index contributed by atoms with van der Waals surface area (Å²) in [4.78, 5) is 16.5. The van der Waals surface area contributed by atoms with Crippen LogP contribution < -0.4 is 5.32 Å². The molecule has 6 heteroatoms. The standard InChI is InChI=1S/C23H25ClN2O3/c1-4-29-19(28)7-5-6-15-11-18(27)21-13(3)22-20(12(2)23(21)25-15)16-10-14(24)8-9-17(16)26-22/h8-11,18,22,26-27H,4-7H2,1-3H3. The lowest BCUT2D eigenvalue weighted by atomic mass is 9.78. The fourth-order valence-corrected chi connectivity index (χ4v) is 4.59. The zero-order chi connectivity index (χ0) is 20.7. The minimum Gasteiger partial charge on any atom is -0.466 e. The number of halogens is 1. The number of anilines is 1. The van der Waals surface area contributed by atoms with Gasteiger partial charge >= 0.3 is 5.97 Å². The Morgan fingerprint density at radius 2 is 2.10 bits per heavy atom. The Bertz CT molecular complexity index is 1000. The zero-order valence-electron chi connectivity index (χ0n) is 16.9. The van der Waals surface area contributed by atoms with Crippen LogP contribution in [0.4, 0.5) is 5.69 Å². The van der Waals surface area contributed by atoms with Gasteiger partial charge in [-0.3, -0.25) is 9.79 Å². The van der Waals surface area contributed by atoms with Gasteiger partial charge in [-0.05, 0) is 74.6 Å². The molecule has 29 heavy (non-hydrogen) atoms. The van der Waals surface area contributed by atoms with Gasteiger partial charge in [0.25, 0.3) is 0 Å². The van der Waals surface area contributed by atoms with Gasteiger partial charge in [0.2, 0.25) is 0 Å². The summed E-state index contributed by atoms with van der Waals surface area (Å²) in [5, 5.41) is 15.1. The van der Waals surface area contributed by atoms with Gasteiger partial charge in [-0.15, -0.1) is 0 Å². The molecule has 2 N–H and O–H groups in total. The largest absolute Gasteiger partial charge is 0.466 e. The summed E-state index contributed by atoms with van der Waals surface area (Å²) in [6, 6.07) is 5.88. The van der Waals surface area contributed by atoms with E-state index in [4.69, 9.17) is 21.3 Å². The quantitative estimate of drug-likeness (QED) is 0.689. The van der Waals surface area contributed by atoms with Gasteiger partial charge in [0, 0.05) is 34.0 Å². The molecule has 1 aromatic rings. The number of carbonyl (C=O) groups excluding carboxylic acids is 1. The molecule has 1 aromatic carbocycles. The van der Waals surface area contributed by atoms with Crippen LogP contribution >= 0.6 is 11.6 Å². The van der Waals surface area contributed by atoms with E-state index in [1.165, 1.54) is 5.57 Å². The Labute approximate surface area is 175 Å². The van der Waals surface area contributed by atoms with Gasteiger partial charge in [-0.2, -0.15) is 0 Å². The first-order valence-electron chi connectivity index (χ1n) is 10.0. The highest BCUT2D eigenvalue weighted by atomic mass is 35.5. The van der Waals surface area contributed by atoms with Crippen LogP contribution in [-0.4, -0.2) is 35.5 Å². The first kappa shape index (κ1) is 19.9. The smallest absolute Gasteiger partial charge is 0.305 e. The molecular weight excluding hydrogens is 388 g/mol.